The summed E-state index contributed by atoms with van der Waals surface area (Å²) in [6, 6.07) is 7.99. The summed E-state index contributed by atoms with van der Waals surface area (Å²) in [4.78, 5) is 0. The van der Waals surface area contributed by atoms with Crippen LogP contribution in [-0.2, 0) is 4.74 Å². The van der Waals surface area contributed by atoms with E-state index in [2.05, 4.69) is 5.32 Å². The predicted molar refractivity (Wildman–Crippen MR) is 67.2 cm³/mol. The minimum atomic E-state index is 0.219. The minimum Gasteiger partial charge on any atom is -0.491 e. The Morgan fingerprint density at radius 1 is 1.19 bits per heavy atom. The van der Waals surface area contributed by atoms with Crippen molar-refractivity contribution < 1.29 is 9.47 Å². The van der Waals surface area contributed by atoms with Crippen LogP contribution in [0, 0.1) is 0 Å². The molecule has 0 aliphatic carbocycles. The molecule has 1 rings (SSSR count). The topological polar surface area (TPSA) is 30.5 Å². The Labute approximate surface area is 97.8 Å². The van der Waals surface area contributed by atoms with Gasteiger partial charge in [-0.1, -0.05) is 0 Å². The van der Waals surface area contributed by atoms with Gasteiger partial charge in [0.2, 0.25) is 0 Å². The average Bonchev–Trinajstić information content (AvgIpc) is 2.26. The van der Waals surface area contributed by atoms with Crippen LogP contribution >= 0.6 is 0 Å². The van der Waals surface area contributed by atoms with E-state index in [0.717, 1.165) is 31.2 Å². The SMILES string of the molecule is CCOCCNc1ccc(OC(C)C)cc1. The van der Waals surface area contributed by atoms with Crippen molar-refractivity contribution in [1.29, 1.82) is 0 Å². The first kappa shape index (κ1) is 12.8. The molecule has 0 amide bonds. The summed E-state index contributed by atoms with van der Waals surface area (Å²) >= 11 is 0. The third kappa shape index (κ3) is 5.03. The Balaban J connectivity index is 2.33. The number of benzene rings is 1. The van der Waals surface area contributed by atoms with Crippen LogP contribution in [0.25, 0.3) is 0 Å². The number of nitrogens with one attached hydrogen (secondary N) is 1. The van der Waals surface area contributed by atoms with Crippen LogP contribution in [0.15, 0.2) is 24.3 Å². The Morgan fingerprint density at radius 3 is 2.44 bits per heavy atom. The normalized spacial score (nSPS) is 10.5. The van der Waals surface area contributed by atoms with E-state index >= 15 is 0 Å². The first-order valence-electron chi connectivity index (χ1n) is 5.80. The van der Waals surface area contributed by atoms with Crippen molar-refractivity contribution in [2.24, 2.45) is 0 Å². The number of anilines is 1. The molecule has 90 valence electrons. The highest BCUT2D eigenvalue weighted by molar-refractivity contribution is 5.46. The zero-order chi connectivity index (χ0) is 11.8. The monoisotopic (exact) mass is 223 g/mol. The fourth-order valence-corrected chi connectivity index (χ4v) is 1.34. The lowest BCUT2D eigenvalue weighted by atomic mass is 10.3. The Kier molecular flexibility index (Phi) is 5.72. The largest absolute Gasteiger partial charge is 0.491 e. The molecule has 1 aromatic carbocycles. The summed E-state index contributed by atoms with van der Waals surface area (Å²) in [5.74, 6) is 0.908. The maximum atomic E-state index is 5.56. The molecule has 0 aliphatic rings. The lowest BCUT2D eigenvalue weighted by Gasteiger charge is -2.11. The number of ether oxygens (including phenoxy) is 2. The average molecular weight is 223 g/mol. The molecular formula is C13H21NO2. The Bertz CT molecular complexity index is 282. The zero-order valence-corrected chi connectivity index (χ0v) is 10.3. The van der Waals surface area contributed by atoms with E-state index in [1.807, 2.05) is 45.0 Å². The van der Waals surface area contributed by atoms with Crippen LogP contribution in [0.1, 0.15) is 20.8 Å². The number of rotatable bonds is 7. The fourth-order valence-electron chi connectivity index (χ4n) is 1.34. The highest BCUT2D eigenvalue weighted by atomic mass is 16.5. The van der Waals surface area contributed by atoms with Gasteiger partial charge in [-0.25, -0.2) is 0 Å². The molecule has 0 fully saturated rings. The molecule has 0 saturated carbocycles. The molecule has 3 heteroatoms. The van der Waals surface area contributed by atoms with Crippen LogP contribution < -0.4 is 10.1 Å². The lowest BCUT2D eigenvalue weighted by Crippen LogP contribution is -2.09. The maximum absolute atomic E-state index is 5.56. The number of hydrogen-bond acceptors (Lipinski definition) is 3. The first-order chi connectivity index (χ1) is 7.72. The van der Waals surface area contributed by atoms with Crippen molar-refractivity contribution in [3.05, 3.63) is 24.3 Å². The van der Waals surface area contributed by atoms with Crippen molar-refractivity contribution in [3.63, 3.8) is 0 Å². The number of hydrogen-bond donors (Lipinski definition) is 1. The second-order valence-electron chi connectivity index (χ2n) is 3.81. The molecule has 0 atom stereocenters. The standard InChI is InChI=1S/C13H21NO2/c1-4-15-10-9-14-12-5-7-13(8-6-12)16-11(2)3/h5-8,11,14H,4,9-10H2,1-3H3. The van der Waals surface area contributed by atoms with Gasteiger partial charge in [0, 0.05) is 18.8 Å². The van der Waals surface area contributed by atoms with Gasteiger partial charge >= 0.3 is 0 Å². The maximum Gasteiger partial charge on any atom is 0.119 e. The van der Waals surface area contributed by atoms with Crippen molar-refractivity contribution in [2.75, 3.05) is 25.1 Å². The third-order valence-electron chi connectivity index (χ3n) is 2.01. The summed E-state index contributed by atoms with van der Waals surface area (Å²) in [5, 5.41) is 3.28. The Hall–Kier alpha value is -1.22. The van der Waals surface area contributed by atoms with Crippen LogP contribution in [0.4, 0.5) is 5.69 Å². The quantitative estimate of drug-likeness (QED) is 0.721. The third-order valence-corrected chi connectivity index (χ3v) is 2.01. The summed E-state index contributed by atoms with van der Waals surface area (Å²) in [7, 11) is 0. The molecular weight excluding hydrogens is 202 g/mol. The molecule has 0 spiro atoms. The lowest BCUT2D eigenvalue weighted by molar-refractivity contribution is 0.158. The van der Waals surface area contributed by atoms with E-state index in [1.165, 1.54) is 0 Å². The molecule has 3 nitrogen and oxygen atoms in total. The van der Waals surface area contributed by atoms with Gasteiger partial charge in [-0.2, -0.15) is 0 Å². The van der Waals surface area contributed by atoms with Gasteiger partial charge in [-0.3, -0.25) is 0 Å². The van der Waals surface area contributed by atoms with E-state index in [0.29, 0.717) is 0 Å². The molecule has 1 aromatic rings. The van der Waals surface area contributed by atoms with Gasteiger partial charge in [-0.15, -0.1) is 0 Å². The summed E-state index contributed by atoms with van der Waals surface area (Å²) in [5.41, 5.74) is 1.09. The highest BCUT2D eigenvalue weighted by Crippen LogP contribution is 2.16. The van der Waals surface area contributed by atoms with E-state index in [4.69, 9.17) is 9.47 Å². The van der Waals surface area contributed by atoms with E-state index in [-0.39, 0.29) is 6.10 Å². The van der Waals surface area contributed by atoms with Crippen molar-refractivity contribution in [2.45, 2.75) is 26.9 Å². The predicted octanol–water partition coefficient (Wildman–Crippen LogP) is 2.92. The molecule has 0 aliphatic heterocycles. The molecule has 0 saturated heterocycles. The van der Waals surface area contributed by atoms with Crippen LogP contribution in [0.3, 0.4) is 0 Å². The molecule has 1 N–H and O–H groups in total. The van der Waals surface area contributed by atoms with Gasteiger partial charge < -0.3 is 14.8 Å². The van der Waals surface area contributed by atoms with Gasteiger partial charge in [0.15, 0.2) is 0 Å². The zero-order valence-electron chi connectivity index (χ0n) is 10.3. The Morgan fingerprint density at radius 2 is 1.88 bits per heavy atom. The summed E-state index contributed by atoms with van der Waals surface area (Å²) in [6.45, 7) is 8.38. The second-order valence-corrected chi connectivity index (χ2v) is 3.81. The summed E-state index contributed by atoms with van der Waals surface area (Å²) < 4.78 is 10.8. The fraction of sp³-hybridized carbons (Fsp3) is 0.538. The molecule has 16 heavy (non-hydrogen) atoms. The molecule has 0 heterocycles. The van der Waals surface area contributed by atoms with E-state index < -0.39 is 0 Å². The molecule has 0 aromatic heterocycles. The second kappa shape index (κ2) is 7.12. The first-order valence-corrected chi connectivity index (χ1v) is 5.80. The molecule has 0 radical (unpaired) electrons. The van der Waals surface area contributed by atoms with Crippen molar-refractivity contribution in [3.8, 4) is 5.75 Å². The van der Waals surface area contributed by atoms with Gasteiger partial charge in [0.05, 0.1) is 12.7 Å². The molecule has 0 unspecified atom stereocenters. The highest BCUT2D eigenvalue weighted by Gasteiger charge is 1.97. The summed E-state index contributed by atoms with van der Waals surface area (Å²) in [6.07, 6.45) is 0.219. The van der Waals surface area contributed by atoms with Gasteiger partial charge in [-0.05, 0) is 45.0 Å². The van der Waals surface area contributed by atoms with Crippen LogP contribution in [-0.4, -0.2) is 25.9 Å². The smallest absolute Gasteiger partial charge is 0.119 e. The van der Waals surface area contributed by atoms with E-state index in [9.17, 15) is 0 Å². The van der Waals surface area contributed by atoms with Gasteiger partial charge in [0.25, 0.3) is 0 Å². The minimum absolute atomic E-state index is 0.219. The van der Waals surface area contributed by atoms with Crippen LogP contribution in [0.5, 0.6) is 5.75 Å². The van der Waals surface area contributed by atoms with E-state index in [1.54, 1.807) is 0 Å². The van der Waals surface area contributed by atoms with Crippen molar-refractivity contribution in [1.82, 2.24) is 0 Å². The van der Waals surface area contributed by atoms with Crippen molar-refractivity contribution >= 4 is 5.69 Å². The molecule has 0 bridgehead atoms. The van der Waals surface area contributed by atoms with Crippen LogP contribution in [0.2, 0.25) is 0 Å². The van der Waals surface area contributed by atoms with Gasteiger partial charge in [0.1, 0.15) is 5.75 Å².